The molecule has 0 saturated carbocycles. The first-order valence-corrected chi connectivity index (χ1v) is 7.63. The van der Waals surface area contributed by atoms with Gasteiger partial charge in [-0.1, -0.05) is 5.16 Å². The van der Waals surface area contributed by atoms with Gasteiger partial charge in [-0.05, 0) is 41.1 Å². The predicted molar refractivity (Wildman–Crippen MR) is 73.8 cm³/mol. The Bertz CT molecular complexity index is 697. The number of aromatic nitrogens is 1. The molecule has 0 saturated heterocycles. The zero-order valence-electron chi connectivity index (χ0n) is 10.1. The molecule has 1 aromatic heterocycles. The zero-order chi connectivity index (χ0) is 14.0. The summed E-state index contributed by atoms with van der Waals surface area (Å²) in [4.78, 5) is 0.129. The standard InChI is InChI=1S/C11H12BrN3O3S/c1-7-4-8(18-15-7)6-14-19(16,17)9-2-3-11(13)10(12)5-9/h2-5,14H,6,13H2,1H3. The minimum absolute atomic E-state index is 0.0468. The van der Waals surface area contributed by atoms with Gasteiger partial charge in [0.25, 0.3) is 0 Å². The van der Waals surface area contributed by atoms with Crippen molar-refractivity contribution in [3.05, 3.63) is 40.2 Å². The van der Waals surface area contributed by atoms with Crippen molar-refractivity contribution in [3.8, 4) is 0 Å². The fourth-order valence-electron chi connectivity index (χ4n) is 1.42. The second-order valence-electron chi connectivity index (χ2n) is 3.94. The molecule has 2 aromatic rings. The maximum atomic E-state index is 12.0. The van der Waals surface area contributed by atoms with E-state index >= 15 is 0 Å². The number of nitrogens with one attached hydrogen (secondary N) is 1. The molecule has 0 unspecified atom stereocenters. The van der Waals surface area contributed by atoms with Crippen LogP contribution in [0.4, 0.5) is 5.69 Å². The van der Waals surface area contributed by atoms with Crippen molar-refractivity contribution in [2.75, 3.05) is 5.73 Å². The number of nitrogen functional groups attached to an aromatic ring is 1. The normalized spacial score (nSPS) is 11.7. The first kappa shape index (κ1) is 14.0. The molecule has 8 heteroatoms. The second-order valence-corrected chi connectivity index (χ2v) is 6.56. The molecule has 1 aromatic carbocycles. The van der Waals surface area contributed by atoms with Crippen LogP contribution >= 0.6 is 15.9 Å². The van der Waals surface area contributed by atoms with E-state index in [-0.39, 0.29) is 11.4 Å². The monoisotopic (exact) mass is 345 g/mol. The summed E-state index contributed by atoms with van der Waals surface area (Å²) in [6, 6.07) is 6.08. The van der Waals surface area contributed by atoms with Gasteiger partial charge in [-0.3, -0.25) is 0 Å². The van der Waals surface area contributed by atoms with Crippen LogP contribution in [0.1, 0.15) is 11.5 Å². The molecule has 0 aliphatic rings. The van der Waals surface area contributed by atoms with Crippen LogP contribution < -0.4 is 10.5 Å². The van der Waals surface area contributed by atoms with Gasteiger partial charge in [0, 0.05) is 16.2 Å². The van der Waals surface area contributed by atoms with Crippen LogP contribution in [0, 0.1) is 6.92 Å². The highest BCUT2D eigenvalue weighted by molar-refractivity contribution is 9.10. The molecule has 6 nitrogen and oxygen atoms in total. The number of sulfonamides is 1. The summed E-state index contributed by atoms with van der Waals surface area (Å²) in [5.74, 6) is 0.454. The van der Waals surface area contributed by atoms with E-state index in [1.165, 1.54) is 18.2 Å². The molecule has 2 rings (SSSR count). The average Bonchev–Trinajstić information content (AvgIpc) is 2.76. The minimum Gasteiger partial charge on any atom is -0.398 e. The lowest BCUT2D eigenvalue weighted by Gasteiger charge is -2.06. The molecule has 3 N–H and O–H groups in total. The smallest absolute Gasteiger partial charge is 0.241 e. The van der Waals surface area contributed by atoms with Crippen molar-refractivity contribution in [1.82, 2.24) is 9.88 Å². The summed E-state index contributed by atoms with van der Waals surface area (Å²) < 4.78 is 32.0. The van der Waals surface area contributed by atoms with Gasteiger partial charge in [-0.15, -0.1) is 0 Å². The van der Waals surface area contributed by atoms with Gasteiger partial charge >= 0.3 is 0 Å². The van der Waals surface area contributed by atoms with Gasteiger partial charge in [0.2, 0.25) is 10.0 Å². The number of hydrogen-bond donors (Lipinski definition) is 2. The van der Waals surface area contributed by atoms with E-state index in [1.807, 2.05) is 0 Å². The fraction of sp³-hybridized carbons (Fsp3) is 0.182. The van der Waals surface area contributed by atoms with E-state index < -0.39 is 10.0 Å². The number of nitrogens with two attached hydrogens (primary N) is 1. The summed E-state index contributed by atoms with van der Waals surface area (Å²) >= 11 is 3.19. The van der Waals surface area contributed by atoms with E-state index in [0.717, 1.165) is 0 Å². The van der Waals surface area contributed by atoms with Crippen LogP contribution in [0.3, 0.4) is 0 Å². The third-order valence-corrected chi connectivity index (χ3v) is 4.48. The third kappa shape index (κ3) is 3.34. The molecule has 0 atom stereocenters. The van der Waals surface area contributed by atoms with Crippen molar-refractivity contribution in [3.63, 3.8) is 0 Å². The number of benzene rings is 1. The first-order valence-electron chi connectivity index (χ1n) is 5.35. The Morgan fingerprint density at radius 3 is 2.74 bits per heavy atom. The van der Waals surface area contributed by atoms with Crippen LogP contribution in [0.15, 0.2) is 38.2 Å². The highest BCUT2D eigenvalue weighted by Crippen LogP contribution is 2.23. The Balaban J connectivity index is 2.16. The topological polar surface area (TPSA) is 98.2 Å². The van der Waals surface area contributed by atoms with Crippen molar-refractivity contribution < 1.29 is 12.9 Å². The summed E-state index contributed by atoms with van der Waals surface area (Å²) in [5.41, 5.74) is 6.79. The second kappa shape index (κ2) is 5.32. The maximum absolute atomic E-state index is 12.0. The largest absolute Gasteiger partial charge is 0.398 e. The van der Waals surface area contributed by atoms with E-state index in [0.29, 0.717) is 21.6 Å². The summed E-state index contributed by atoms with van der Waals surface area (Å²) in [6.45, 7) is 1.81. The van der Waals surface area contributed by atoms with Crippen molar-refractivity contribution in [2.24, 2.45) is 0 Å². The highest BCUT2D eigenvalue weighted by Gasteiger charge is 2.15. The molecule has 0 spiro atoms. The number of nitrogens with zero attached hydrogens (tertiary/aromatic N) is 1. The van der Waals surface area contributed by atoms with Crippen LogP contribution in [0.25, 0.3) is 0 Å². The lowest BCUT2D eigenvalue weighted by Crippen LogP contribution is -2.23. The molecule has 19 heavy (non-hydrogen) atoms. The molecule has 0 amide bonds. The number of aryl methyl sites for hydroxylation is 1. The highest BCUT2D eigenvalue weighted by atomic mass is 79.9. The lowest BCUT2D eigenvalue weighted by atomic mass is 10.3. The van der Waals surface area contributed by atoms with E-state index in [9.17, 15) is 8.42 Å². The Labute approximate surface area is 119 Å². The summed E-state index contributed by atoms with van der Waals surface area (Å²) in [5, 5.41) is 3.68. The summed E-state index contributed by atoms with van der Waals surface area (Å²) in [7, 11) is -3.61. The average molecular weight is 346 g/mol. The van der Waals surface area contributed by atoms with Crippen molar-refractivity contribution >= 4 is 31.6 Å². The number of hydrogen-bond acceptors (Lipinski definition) is 5. The van der Waals surface area contributed by atoms with E-state index in [2.05, 4.69) is 25.8 Å². The van der Waals surface area contributed by atoms with Gasteiger partial charge in [-0.2, -0.15) is 0 Å². The number of rotatable bonds is 4. The SMILES string of the molecule is Cc1cc(CNS(=O)(=O)c2ccc(N)c(Br)c2)on1. The van der Waals surface area contributed by atoms with Gasteiger partial charge < -0.3 is 10.3 Å². The molecule has 0 bridgehead atoms. The fourth-order valence-corrected chi connectivity index (χ4v) is 2.97. The van der Waals surface area contributed by atoms with Gasteiger partial charge in [0.15, 0.2) is 5.76 Å². The molecule has 0 aliphatic heterocycles. The Kier molecular flexibility index (Phi) is 3.93. The molecule has 0 aliphatic carbocycles. The van der Waals surface area contributed by atoms with Gasteiger partial charge in [0.1, 0.15) is 0 Å². The quantitative estimate of drug-likeness (QED) is 0.823. The van der Waals surface area contributed by atoms with Gasteiger partial charge in [0.05, 0.1) is 17.1 Å². The minimum atomic E-state index is -3.61. The first-order chi connectivity index (χ1) is 8.88. The van der Waals surface area contributed by atoms with Crippen molar-refractivity contribution in [2.45, 2.75) is 18.4 Å². The lowest BCUT2D eigenvalue weighted by molar-refractivity contribution is 0.377. The molecule has 0 radical (unpaired) electrons. The summed E-state index contributed by atoms with van der Waals surface area (Å²) in [6.07, 6.45) is 0. The number of anilines is 1. The molecule has 0 fully saturated rings. The molecular weight excluding hydrogens is 334 g/mol. The number of halogens is 1. The van der Waals surface area contributed by atoms with Crippen LogP contribution in [-0.2, 0) is 16.6 Å². The van der Waals surface area contributed by atoms with E-state index in [1.54, 1.807) is 13.0 Å². The van der Waals surface area contributed by atoms with Crippen molar-refractivity contribution in [1.29, 1.82) is 0 Å². The zero-order valence-corrected chi connectivity index (χ0v) is 12.5. The van der Waals surface area contributed by atoms with Crippen LogP contribution in [-0.4, -0.2) is 13.6 Å². The van der Waals surface area contributed by atoms with Gasteiger partial charge in [-0.25, -0.2) is 13.1 Å². The Morgan fingerprint density at radius 1 is 1.42 bits per heavy atom. The Hall–Kier alpha value is -1.38. The maximum Gasteiger partial charge on any atom is 0.241 e. The van der Waals surface area contributed by atoms with E-state index in [4.69, 9.17) is 10.3 Å². The van der Waals surface area contributed by atoms with Crippen LogP contribution in [0.2, 0.25) is 0 Å². The molecule has 1 heterocycles. The third-order valence-electron chi connectivity index (χ3n) is 2.40. The molecular formula is C11H12BrN3O3S. The Morgan fingerprint density at radius 2 is 2.16 bits per heavy atom. The molecule has 102 valence electrons. The van der Waals surface area contributed by atoms with Crippen LogP contribution in [0.5, 0.6) is 0 Å². The predicted octanol–water partition coefficient (Wildman–Crippen LogP) is 1.81.